The summed E-state index contributed by atoms with van der Waals surface area (Å²) in [6.07, 6.45) is 1.80. The molecule has 0 unspecified atom stereocenters. The largest absolute Gasteiger partial charge is 0.384 e. The summed E-state index contributed by atoms with van der Waals surface area (Å²) in [5, 5.41) is 3.30. The molecule has 1 aromatic carbocycles. The van der Waals surface area contributed by atoms with E-state index in [-0.39, 0.29) is 10.3 Å². The molecule has 21 heavy (non-hydrogen) atoms. The molecule has 1 aliphatic rings. The number of sulfonamides is 1. The molecule has 1 aliphatic heterocycles. The molecule has 1 aromatic rings. The molecule has 1 saturated heterocycles. The Morgan fingerprint density at radius 2 is 2.00 bits per heavy atom. The molecule has 0 atom stereocenters. The summed E-state index contributed by atoms with van der Waals surface area (Å²) < 4.78 is 33.5. The zero-order chi connectivity index (χ0) is 15.3. The van der Waals surface area contributed by atoms with Crippen LogP contribution in [0.15, 0.2) is 33.6 Å². The van der Waals surface area contributed by atoms with E-state index in [0.717, 1.165) is 25.9 Å². The number of ether oxygens (including phenoxy) is 1. The lowest BCUT2D eigenvalue weighted by atomic mass is 9.80. The van der Waals surface area contributed by atoms with Gasteiger partial charge in [0.05, 0.1) is 11.5 Å². The summed E-state index contributed by atoms with van der Waals surface area (Å²) in [6.45, 7) is 2.74. The van der Waals surface area contributed by atoms with Gasteiger partial charge >= 0.3 is 0 Å². The van der Waals surface area contributed by atoms with Gasteiger partial charge in [-0.2, -0.15) is 0 Å². The number of rotatable bonds is 6. The minimum Gasteiger partial charge on any atom is -0.384 e. The quantitative estimate of drug-likeness (QED) is 0.793. The molecule has 5 nitrogen and oxygen atoms in total. The predicted octanol–water partition coefficient (Wildman–Crippen LogP) is 1.74. The van der Waals surface area contributed by atoms with Gasteiger partial charge in [0.15, 0.2) is 0 Å². The molecule has 0 amide bonds. The van der Waals surface area contributed by atoms with Gasteiger partial charge in [-0.1, -0.05) is 12.1 Å². The summed E-state index contributed by atoms with van der Waals surface area (Å²) in [5.41, 5.74) is -0.131. The molecule has 1 fully saturated rings. The molecule has 7 heteroatoms. The van der Waals surface area contributed by atoms with Crippen LogP contribution in [-0.4, -0.2) is 41.8 Å². The summed E-state index contributed by atoms with van der Waals surface area (Å²) in [4.78, 5) is 0.270. The summed E-state index contributed by atoms with van der Waals surface area (Å²) in [7, 11) is -1.86. The van der Waals surface area contributed by atoms with Crippen molar-refractivity contribution in [1.82, 2.24) is 10.0 Å². The Morgan fingerprint density at radius 1 is 1.33 bits per heavy atom. The van der Waals surface area contributed by atoms with Crippen molar-refractivity contribution < 1.29 is 13.2 Å². The molecule has 0 aromatic heterocycles. The Bertz CT molecular complexity index is 566. The lowest BCUT2D eigenvalue weighted by Gasteiger charge is -2.37. The van der Waals surface area contributed by atoms with Gasteiger partial charge in [-0.05, 0) is 54.0 Å². The van der Waals surface area contributed by atoms with Gasteiger partial charge in [-0.15, -0.1) is 0 Å². The molecular formula is C14H21BrN2O3S. The Balaban J connectivity index is 2.11. The molecule has 118 valence electrons. The average molecular weight is 377 g/mol. The minimum absolute atomic E-state index is 0.131. The molecular weight excluding hydrogens is 356 g/mol. The fraction of sp³-hybridized carbons (Fsp3) is 0.571. The van der Waals surface area contributed by atoms with Gasteiger partial charge in [0.25, 0.3) is 0 Å². The van der Waals surface area contributed by atoms with Crippen molar-refractivity contribution in [2.45, 2.75) is 17.7 Å². The zero-order valence-corrected chi connectivity index (χ0v) is 14.5. The minimum atomic E-state index is -3.52. The highest BCUT2D eigenvalue weighted by atomic mass is 79.9. The third-order valence-corrected chi connectivity index (χ3v) is 6.29. The van der Waals surface area contributed by atoms with Crippen molar-refractivity contribution in [1.29, 1.82) is 0 Å². The van der Waals surface area contributed by atoms with E-state index in [4.69, 9.17) is 4.74 Å². The monoisotopic (exact) mass is 376 g/mol. The molecule has 0 aliphatic carbocycles. The highest BCUT2D eigenvalue weighted by Crippen LogP contribution is 2.29. The summed E-state index contributed by atoms with van der Waals surface area (Å²) >= 11 is 3.29. The molecule has 2 N–H and O–H groups in total. The number of piperidine rings is 1. The first-order chi connectivity index (χ1) is 9.99. The van der Waals surface area contributed by atoms with Crippen molar-refractivity contribution in [3.8, 4) is 0 Å². The van der Waals surface area contributed by atoms with E-state index in [2.05, 4.69) is 26.0 Å². The van der Waals surface area contributed by atoms with Gasteiger partial charge < -0.3 is 10.1 Å². The molecule has 2 rings (SSSR count). The first kappa shape index (κ1) is 16.9. The average Bonchev–Trinajstić information content (AvgIpc) is 2.47. The second-order valence-corrected chi connectivity index (χ2v) is 8.03. The normalized spacial score (nSPS) is 18.6. The Hall–Kier alpha value is -0.470. The second-order valence-electron chi connectivity index (χ2n) is 5.44. The summed E-state index contributed by atoms with van der Waals surface area (Å²) in [6, 6.07) is 6.83. The van der Waals surface area contributed by atoms with Crippen LogP contribution < -0.4 is 10.0 Å². The topological polar surface area (TPSA) is 67.4 Å². The smallest absolute Gasteiger partial charge is 0.241 e. The number of nitrogens with one attached hydrogen (secondary N) is 2. The van der Waals surface area contributed by atoms with E-state index in [1.54, 1.807) is 31.4 Å². The van der Waals surface area contributed by atoms with E-state index >= 15 is 0 Å². The van der Waals surface area contributed by atoms with Crippen molar-refractivity contribution in [3.63, 3.8) is 0 Å². The van der Waals surface area contributed by atoms with Crippen LogP contribution in [0.1, 0.15) is 12.8 Å². The van der Waals surface area contributed by atoms with Crippen LogP contribution in [-0.2, 0) is 14.8 Å². The van der Waals surface area contributed by atoms with Crippen molar-refractivity contribution in [2.24, 2.45) is 5.41 Å². The van der Waals surface area contributed by atoms with Gasteiger partial charge in [-0.25, -0.2) is 13.1 Å². The van der Waals surface area contributed by atoms with Gasteiger partial charge in [0.2, 0.25) is 10.0 Å². The van der Waals surface area contributed by atoms with Crippen LogP contribution >= 0.6 is 15.9 Å². The highest BCUT2D eigenvalue weighted by Gasteiger charge is 2.33. The first-order valence-corrected chi connectivity index (χ1v) is 9.21. The molecule has 1 heterocycles. The SMILES string of the molecule is COCC1(CNS(=O)(=O)c2ccccc2Br)CCNCC1. The number of halogens is 1. The third-order valence-electron chi connectivity index (χ3n) is 3.88. The van der Waals surface area contributed by atoms with Crippen LogP contribution in [0.4, 0.5) is 0 Å². The molecule has 0 bridgehead atoms. The Labute approximate surface area is 134 Å². The van der Waals surface area contributed by atoms with Crippen molar-refractivity contribution >= 4 is 26.0 Å². The van der Waals surface area contributed by atoms with E-state index in [0.29, 0.717) is 17.6 Å². The predicted molar refractivity (Wildman–Crippen MR) is 85.7 cm³/mol. The number of hydrogen-bond acceptors (Lipinski definition) is 4. The van der Waals surface area contributed by atoms with Crippen molar-refractivity contribution in [3.05, 3.63) is 28.7 Å². The maximum atomic E-state index is 12.4. The van der Waals surface area contributed by atoms with Crippen LogP contribution in [0.25, 0.3) is 0 Å². The Morgan fingerprint density at radius 3 is 2.62 bits per heavy atom. The van der Waals surface area contributed by atoms with Crippen LogP contribution in [0.3, 0.4) is 0 Å². The van der Waals surface area contributed by atoms with E-state index in [1.807, 2.05) is 0 Å². The molecule has 0 spiro atoms. The van der Waals surface area contributed by atoms with Crippen LogP contribution in [0, 0.1) is 5.41 Å². The number of methoxy groups -OCH3 is 1. The highest BCUT2D eigenvalue weighted by molar-refractivity contribution is 9.10. The van der Waals surface area contributed by atoms with Crippen molar-refractivity contribution in [2.75, 3.05) is 33.4 Å². The van der Waals surface area contributed by atoms with Crippen LogP contribution in [0.5, 0.6) is 0 Å². The van der Waals surface area contributed by atoms with E-state index < -0.39 is 10.0 Å². The fourth-order valence-corrected chi connectivity index (χ4v) is 4.78. The van der Waals surface area contributed by atoms with Gasteiger partial charge in [-0.3, -0.25) is 0 Å². The second kappa shape index (κ2) is 7.19. The number of benzene rings is 1. The third kappa shape index (κ3) is 4.26. The lowest BCUT2D eigenvalue weighted by Crippen LogP contribution is -2.47. The van der Waals surface area contributed by atoms with E-state index in [9.17, 15) is 8.42 Å². The first-order valence-electron chi connectivity index (χ1n) is 6.93. The molecule has 0 radical (unpaired) electrons. The Kier molecular flexibility index (Phi) is 5.79. The number of hydrogen-bond donors (Lipinski definition) is 2. The fourth-order valence-electron chi connectivity index (χ4n) is 2.62. The lowest BCUT2D eigenvalue weighted by molar-refractivity contribution is 0.0577. The van der Waals surface area contributed by atoms with Gasteiger partial charge in [0.1, 0.15) is 0 Å². The molecule has 0 saturated carbocycles. The summed E-state index contributed by atoms with van der Waals surface area (Å²) in [5.74, 6) is 0. The standard InChI is InChI=1S/C14H21BrN2O3S/c1-20-11-14(6-8-16-9-7-14)10-17-21(18,19)13-5-3-2-4-12(13)15/h2-5,16-17H,6-11H2,1H3. The maximum Gasteiger partial charge on any atom is 0.241 e. The zero-order valence-electron chi connectivity index (χ0n) is 12.1. The maximum absolute atomic E-state index is 12.4. The van der Waals surface area contributed by atoms with Gasteiger partial charge in [0, 0.05) is 23.5 Å². The van der Waals surface area contributed by atoms with Crippen LogP contribution in [0.2, 0.25) is 0 Å². The van der Waals surface area contributed by atoms with E-state index in [1.165, 1.54) is 0 Å².